The van der Waals surface area contributed by atoms with Crippen molar-refractivity contribution in [2.75, 3.05) is 26.4 Å². The smallest absolute Gasteiger partial charge is 0.462 e. The van der Waals surface area contributed by atoms with E-state index in [2.05, 4.69) is 62.5 Å². The Morgan fingerprint density at radius 1 is 0.655 bits per heavy atom. The summed E-state index contributed by atoms with van der Waals surface area (Å²) in [6, 6.07) is 0. The molecular weight excluding hydrogens is 761 g/mol. The first kappa shape index (κ1) is 54.8. The van der Waals surface area contributed by atoms with Crippen LogP contribution in [0.4, 0.5) is 0 Å². The number of carbonyl (C=O) groups excluding carboxylic acids is 2. The highest BCUT2D eigenvalue weighted by atomic mass is 31.2. The number of aliphatic hydroxyl groups is 3. The number of allylic oxidation sites excluding steroid dienone is 14. The Kier molecular flexibility index (Phi) is 37.1. The van der Waals surface area contributed by atoms with E-state index < -0.39 is 57.4 Å². The van der Waals surface area contributed by atoms with Crippen molar-refractivity contribution in [3.8, 4) is 0 Å². The van der Waals surface area contributed by atoms with Crippen LogP contribution in [0.15, 0.2) is 97.2 Å². The minimum Gasteiger partial charge on any atom is -0.462 e. The first-order valence-corrected chi connectivity index (χ1v) is 22.5. The zero-order valence-electron chi connectivity index (χ0n) is 35.1. The number of nitrogens with two attached hydrogens (primary N) is 1. The van der Waals surface area contributed by atoms with Crippen molar-refractivity contribution in [3.05, 3.63) is 97.2 Å². The molecule has 0 aromatic carbocycles. The number of rotatable bonds is 37. The van der Waals surface area contributed by atoms with Crippen LogP contribution in [0, 0.1) is 0 Å². The van der Waals surface area contributed by atoms with Gasteiger partial charge < -0.3 is 35.4 Å². The van der Waals surface area contributed by atoms with Gasteiger partial charge in [0.25, 0.3) is 0 Å². The fourth-order valence-corrected chi connectivity index (χ4v) is 5.83. The van der Waals surface area contributed by atoms with Crippen molar-refractivity contribution in [2.24, 2.45) is 5.73 Å². The molecule has 0 aliphatic rings. The summed E-state index contributed by atoms with van der Waals surface area (Å²) in [5.41, 5.74) is 5.32. The number of unbranched alkanes of at least 4 members (excludes halogenated alkanes) is 6. The topological polar surface area (TPSA) is 195 Å². The fraction of sp³-hybridized carbons (Fsp3) is 0.600. The first-order chi connectivity index (χ1) is 28.0. The summed E-state index contributed by atoms with van der Waals surface area (Å²) in [6.45, 7) is 3.05. The SMILES string of the molecule is CC/C=C\C/C=C\C/C=C\C/C=C\CCCCCCC(=O)O[C@H](COC(=O)CCC[C@@H](O)[C@H](O)/C=C/C=C/C=C\C=C\[C@H](O)CCCCC)COP(=O)(O)OCCN. The minimum absolute atomic E-state index is 0.00548. The van der Waals surface area contributed by atoms with Crippen molar-refractivity contribution < 1.29 is 52.9 Å². The van der Waals surface area contributed by atoms with Gasteiger partial charge in [-0.1, -0.05) is 143 Å². The molecule has 5 atom stereocenters. The molecule has 0 heterocycles. The van der Waals surface area contributed by atoms with E-state index in [0.717, 1.165) is 77.0 Å². The van der Waals surface area contributed by atoms with Crippen LogP contribution in [0.25, 0.3) is 0 Å². The zero-order chi connectivity index (χ0) is 43.0. The molecular formula is C45H74NO11P. The lowest BCUT2D eigenvalue weighted by atomic mass is 10.1. The lowest BCUT2D eigenvalue weighted by Crippen LogP contribution is -2.30. The van der Waals surface area contributed by atoms with E-state index in [-0.39, 0.29) is 38.8 Å². The largest absolute Gasteiger partial charge is 0.472 e. The number of carbonyl (C=O) groups is 2. The van der Waals surface area contributed by atoms with Gasteiger partial charge in [-0.15, -0.1) is 0 Å². The number of hydrogen-bond donors (Lipinski definition) is 5. The Hall–Kier alpha value is -3.19. The molecule has 0 fully saturated rings. The lowest BCUT2D eigenvalue weighted by molar-refractivity contribution is -0.161. The highest BCUT2D eigenvalue weighted by Crippen LogP contribution is 2.43. The Morgan fingerprint density at radius 3 is 1.91 bits per heavy atom. The molecule has 13 heteroatoms. The molecule has 1 unspecified atom stereocenters. The van der Waals surface area contributed by atoms with Crippen molar-refractivity contribution in [1.29, 1.82) is 0 Å². The molecule has 0 saturated heterocycles. The van der Waals surface area contributed by atoms with Crippen LogP contribution < -0.4 is 5.73 Å². The third-order valence-electron chi connectivity index (χ3n) is 8.32. The van der Waals surface area contributed by atoms with Crippen LogP contribution in [-0.4, -0.2) is 82.9 Å². The predicted molar refractivity (Wildman–Crippen MR) is 233 cm³/mol. The van der Waals surface area contributed by atoms with Gasteiger partial charge in [-0.3, -0.25) is 18.6 Å². The average molecular weight is 836 g/mol. The summed E-state index contributed by atoms with van der Waals surface area (Å²) in [6.07, 6.45) is 39.5. The van der Waals surface area contributed by atoms with E-state index in [1.807, 2.05) is 0 Å². The maximum Gasteiger partial charge on any atom is 0.472 e. The van der Waals surface area contributed by atoms with E-state index in [1.165, 1.54) is 6.08 Å². The van der Waals surface area contributed by atoms with Crippen LogP contribution in [0.1, 0.15) is 123 Å². The number of phosphoric ester groups is 1. The fourth-order valence-electron chi connectivity index (χ4n) is 5.07. The molecule has 0 saturated carbocycles. The van der Waals surface area contributed by atoms with Crippen LogP contribution in [0.5, 0.6) is 0 Å². The highest BCUT2D eigenvalue weighted by molar-refractivity contribution is 7.47. The first-order valence-electron chi connectivity index (χ1n) is 21.0. The molecule has 12 nitrogen and oxygen atoms in total. The molecule has 330 valence electrons. The number of esters is 2. The van der Waals surface area contributed by atoms with Gasteiger partial charge in [0.15, 0.2) is 6.10 Å². The monoisotopic (exact) mass is 835 g/mol. The Balaban J connectivity index is 4.57. The maximum absolute atomic E-state index is 12.6. The van der Waals surface area contributed by atoms with E-state index in [9.17, 15) is 34.4 Å². The van der Waals surface area contributed by atoms with Crippen molar-refractivity contribution in [3.63, 3.8) is 0 Å². The summed E-state index contributed by atoms with van der Waals surface area (Å²) in [7, 11) is -4.47. The second-order valence-corrected chi connectivity index (χ2v) is 15.1. The zero-order valence-corrected chi connectivity index (χ0v) is 36.0. The van der Waals surface area contributed by atoms with Crippen molar-refractivity contribution in [1.82, 2.24) is 0 Å². The van der Waals surface area contributed by atoms with Crippen molar-refractivity contribution >= 4 is 19.8 Å². The number of aliphatic hydroxyl groups excluding tert-OH is 3. The van der Waals surface area contributed by atoms with Gasteiger partial charge in [0, 0.05) is 19.4 Å². The number of phosphoric acid groups is 1. The van der Waals surface area contributed by atoms with Crippen LogP contribution >= 0.6 is 7.82 Å². The summed E-state index contributed by atoms with van der Waals surface area (Å²) in [5, 5.41) is 30.4. The summed E-state index contributed by atoms with van der Waals surface area (Å²) in [5.74, 6) is -1.20. The molecule has 58 heavy (non-hydrogen) atoms. The number of ether oxygens (including phenoxy) is 2. The standard InChI is InChI=1S/C45H74NO11P/c1-3-5-7-8-9-10-11-12-13-14-15-16-17-18-19-24-28-34-45(51)57-41(39-56-58(52,53)55-37-36-46)38-54-44(50)35-29-33-43(49)42(48)32-27-23-21-20-22-26-31-40(47)30-25-6-4-2/h5,7,9-10,12-13,15-16,20-23,26-27,31-32,40-43,47-49H,3-4,6,8,11,14,17-19,24-25,28-30,33-39,46H2,1-2H3,(H,52,53)/b7-5-,10-9-,13-12-,16-15-,22-20-,23-21+,31-26+,32-27+/t40-,41-,42-,43-/m1/s1. The number of hydrogen-bond acceptors (Lipinski definition) is 11. The molecule has 0 aliphatic carbocycles. The third kappa shape index (κ3) is 37.1. The van der Waals surface area contributed by atoms with Crippen molar-refractivity contribution in [2.45, 2.75) is 147 Å². The van der Waals surface area contributed by atoms with Crippen LogP contribution in [0.3, 0.4) is 0 Å². The maximum atomic E-state index is 12.6. The second kappa shape index (κ2) is 39.3. The molecule has 0 spiro atoms. The van der Waals surface area contributed by atoms with E-state index >= 15 is 0 Å². The third-order valence-corrected chi connectivity index (χ3v) is 9.30. The molecule has 0 aromatic rings. The van der Waals surface area contributed by atoms with Gasteiger partial charge in [-0.2, -0.15) is 0 Å². The summed E-state index contributed by atoms with van der Waals surface area (Å²) < 4.78 is 32.5. The second-order valence-electron chi connectivity index (χ2n) is 13.7. The molecule has 0 rings (SSSR count). The van der Waals surface area contributed by atoms with E-state index in [4.69, 9.17) is 24.3 Å². The van der Waals surface area contributed by atoms with E-state index in [0.29, 0.717) is 6.42 Å². The van der Waals surface area contributed by atoms with Gasteiger partial charge in [0.1, 0.15) is 6.61 Å². The van der Waals surface area contributed by atoms with Gasteiger partial charge in [-0.25, -0.2) is 4.57 Å². The molecule has 6 N–H and O–H groups in total. The van der Waals surface area contributed by atoms with Gasteiger partial charge >= 0.3 is 19.8 Å². The van der Waals surface area contributed by atoms with E-state index in [1.54, 1.807) is 42.5 Å². The van der Waals surface area contributed by atoms with Gasteiger partial charge in [-0.05, 0) is 64.2 Å². The Morgan fingerprint density at radius 2 is 1.26 bits per heavy atom. The predicted octanol–water partition coefficient (Wildman–Crippen LogP) is 8.74. The Labute approximate surface area is 348 Å². The molecule has 0 aromatic heterocycles. The van der Waals surface area contributed by atoms with Crippen LogP contribution in [0.2, 0.25) is 0 Å². The normalized spacial score (nSPS) is 15.9. The minimum atomic E-state index is -4.47. The Bertz CT molecular complexity index is 1320. The average Bonchev–Trinajstić information content (AvgIpc) is 3.20. The van der Waals surface area contributed by atoms with Crippen LogP contribution in [-0.2, 0) is 32.7 Å². The lowest BCUT2D eigenvalue weighted by Gasteiger charge is -2.20. The summed E-state index contributed by atoms with van der Waals surface area (Å²) in [4.78, 5) is 34.9. The molecule has 0 radical (unpaired) electrons. The molecule has 0 bridgehead atoms. The highest BCUT2D eigenvalue weighted by Gasteiger charge is 2.26. The quantitative estimate of drug-likeness (QED) is 0.0132. The molecule has 0 amide bonds. The summed E-state index contributed by atoms with van der Waals surface area (Å²) >= 11 is 0. The van der Waals surface area contributed by atoms with Gasteiger partial charge in [0.05, 0.1) is 31.5 Å². The molecule has 0 aliphatic heterocycles. The van der Waals surface area contributed by atoms with Gasteiger partial charge in [0.2, 0.25) is 0 Å².